The van der Waals surface area contributed by atoms with Crippen molar-refractivity contribution >= 4 is 11.7 Å². The molecule has 3 heterocycles. The molecule has 2 aliphatic rings. The molecule has 2 saturated heterocycles. The van der Waals surface area contributed by atoms with Crippen LogP contribution in [0.5, 0.6) is 0 Å². The van der Waals surface area contributed by atoms with Crippen molar-refractivity contribution in [1.82, 2.24) is 14.8 Å². The van der Waals surface area contributed by atoms with Crippen molar-refractivity contribution in [2.75, 3.05) is 44.7 Å². The summed E-state index contributed by atoms with van der Waals surface area (Å²) >= 11 is 0. The molecule has 0 saturated carbocycles. The van der Waals surface area contributed by atoms with Gasteiger partial charge in [0.2, 0.25) is 5.91 Å². The number of piperazine rings is 1. The van der Waals surface area contributed by atoms with Crippen LogP contribution in [0.2, 0.25) is 0 Å². The standard InChI is InChI=1S/C16H21F3N4O/c1-21-6-2-3-13(21)15(24)23-9-7-22(8-10-23)14-5-4-12(11-20-14)16(17,18)19/h4-5,11,13H,2-3,6-10H2,1H3. The molecule has 2 aliphatic heterocycles. The van der Waals surface area contributed by atoms with E-state index in [-0.39, 0.29) is 11.9 Å². The molecule has 8 heteroatoms. The van der Waals surface area contributed by atoms with Gasteiger partial charge in [-0.15, -0.1) is 0 Å². The van der Waals surface area contributed by atoms with E-state index in [4.69, 9.17) is 0 Å². The van der Waals surface area contributed by atoms with Gasteiger partial charge in [0.05, 0.1) is 11.6 Å². The number of carbonyl (C=O) groups excluding carboxylic acids is 1. The Morgan fingerprint density at radius 1 is 1.17 bits per heavy atom. The lowest BCUT2D eigenvalue weighted by Crippen LogP contribution is -2.53. The summed E-state index contributed by atoms with van der Waals surface area (Å²) in [5, 5.41) is 0. The van der Waals surface area contributed by atoms with Crippen LogP contribution in [0.25, 0.3) is 0 Å². The van der Waals surface area contributed by atoms with Crippen molar-refractivity contribution in [3.05, 3.63) is 23.9 Å². The van der Waals surface area contributed by atoms with Gasteiger partial charge in [0.25, 0.3) is 0 Å². The van der Waals surface area contributed by atoms with Crippen molar-refractivity contribution in [3.63, 3.8) is 0 Å². The van der Waals surface area contributed by atoms with E-state index >= 15 is 0 Å². The van der Waals surface area contributed by atoms with Crippen molar-refractivity contribution in [3.8, 4) is 0 Å². The highest BCUT2D eigenvalue weighted by atomic mass is 19.4. The summed E-state index contributed by atoms with van der Waals surface area (Å²) in [7, 11) is 1.97. The number of hydrogen-bond donors (Lipinski definition) is 0. The monoisotopic (exact) mass is 342 g/mol. The van der Waals surface area contributed by atoms with Crippen molar-refractivity contribution in [2.45, 2.75) is 25.1 Å². The first-order valence-corrected chi connectivity index (χ1v) is 8.13. The second kappa shape index (κ2) is 6.58. The highest BCUT2D eigenvalue weighted by Crippen LogP contribution is 2.29. The van der Waals surface area contributed by atoms with Crippen LogP contribution in [0.3, 0.4) is 0 Å². The smallest absolute Gasteiger partial charge is 0.353 e. The molecular formula is C16H21F3N4O. The average Bonchev–Trinajstić information content (AvgIpc) is 3.00. The second-order valence-electron chi connectivity index (χ2n) is 6.35. The Morgan fingerprint density at radius 2 is 1.88 bits per heavy atom. The summed E-state index contributed by atoms with van der Waals surface area (Å²) in [5.41, 5.74) is -0.746. The van der Waals surface area contributed by atoms with Gasteiger partial charge in [0, 0.05) is 32.4 Å². The predicted octanol–water partition coefficient (Wildman–Crippen LogP) is 1.84. The lowest BCUT2D eigenvalue weighted by molar-refractivity contribution is -0.138. The van der Waals surface area contributed by atoms with Crippen LogP contribution in [0.15, 0.2) is 18.3 Å². The normalized spacial score (nSPS) is 22.9. The molecule has 0 spiro atoms. The minimum atomic E-state index is -4.37. The minimum Gasteiger partial charge on any atom is -0.353 e. The van der Waals surface area contributed by atoms with E-state index in [9.17, 15) is 18.0 Å². The molecule has 24 heavy (non-hydrogen) atoms. The lowest BCUT2D eigenvalue weighted by Gasteiger charge is -2.37. The molecule has 0 aliphatic carbocycles. The fourth-order valence-corrected chi connectivity index (χ4v) is 3.33. The fourth-order valence-electron chi connectivity index (χ4n) is 3.33. The first-order valence-electron chi connectivity index (χ1n) is 8.13. The van der Waals surface area contributed by atoms with E-state index in [0.717, 1.165) is 31.6 Å². The fraction of sp³-hybridized carbons (Fsp3) is 0.625. The molecule has 3 rings (SSSR count). The van der Waals surface area contributed by atoms with Gasteiger partial charge < -0.3 is 9.80 Å². The number of pyridine rings is 1. The summed E-state index contributed by atoms with van der Waals surface area (Å²) in [6.45, 7) is 3.27. The van der Waals surface area contributed by atoms with Gasteiger partial charge in [0.15, 0.2) is 0 Å². The largest absolute Gasteiger partial charge is 0.417 e. The summed E-state index contributed by atoms with van der Waals surface area (Å²) in [6, 6.07) is 2.42. The zero-order chi connectivity index (χ0) is 17.3. The van der Waals surface area contributed by atoms with Gasteiger partial charge in [-0.2, -0.15) is 13.2 Å². The third-order valence-corrected chi connectivity index (χ3v) is 4.80. The SMILES string of the molecule is CN1CCCC1C(=O)N1CCN(c2ccc(C(F)(F)F)cn2)CC1. The maximum absolute atomic E-state index is 12.6. The maximum atomic E-state index is 12.6. The molecule has 0 bridgehead atoms. The molecule has 1 aromatic heterocycles. The van der Waals surface area contributed by atoms with E-state index in [1.54, 1.807) is 0 Å². The van der Waals surface area contributed by atoms with Gasteiger partial charge in [-0.1, -0.05) is 0 Å². The van der Waals surface area contributed by atoms with E-state index in [2.05, 4.69) is 9.88 Å². The number of hydrogen-bond acceptors (Lipinski definition) is 4. The summed E-state index contributed by atoms with van der Waals surface area (Å²) in [6.07, 6.45) is -1.57. The number of anilines is 1. The van der Waals surface area contributed by atoms with Crippen LogP contribution in [0.1, 0.15) is 18.4 Å². The van der Waals surface area contributed by atoms with Crippen LogP contribution in [0.4, 0.5) is 19.0 Å². The van der Waals surface area contributed by atoms with Crippen LogP contribution in [-0.2, 0) is 11.0 Å². The van der Waals surface area contributed by atoms with Gasteiger partial charge >= 0.3 is 6.18 Å². The number of likely N-dealkylation sites (N-methyl/N-ethyl adjacent to an activating group) is 1. The van der Waals surface area contributed by atoms with E-state index in [1.807, 2.05) is 16.8 Å². The molecular weight excluding hydrogens is 321 g/mol. The van der Waals surface area contributed by atoms with Crippen LogP contribution in [-0.4, -0.2) is 66.5 Å². The third-order valence-electron chi connectivity index (χ3n) is 4.80. The Hall–Kier alpha value is -1.83. The zero-order valence-corrected chi connectivity index (χ0v) is 13.6. The molecule has 0 radical (unpaired) electrons. The number of likely N-dealkylation sites (tertiary alicyclic amines) is 1. The van der Waals surface area contributed by atoms with E-state index in [0.29, 0.717) is 32.0 Å². The van der Waals surface area contributed by atoms with Crippen molar-refractivity contribution in [1.29, 1.82) is 0 Å². The molecule has 5 nitrogen and oxygen atoms in total. The predicted molar refractivity (Wildman–Crippen MR) is 83.7 cm³/mol. The third kappa shape index (κ3) is 3.48. The average molecular weight is 342 g/mol. The molecule has 1 unspecified atom stereocenters. The zero-order valence-electron chi connectivity index (χ0n) is 13.6. The number of nitrogens with zero attached hydrogens (tertiary/aromatic N) is 4. The Bertz CT molecular complexity index is 582. The minimum absolute atomic E-state index is 0.0271. The number of halogens is 3. The summed E-state index contributed by atoms with van der Waals surface area (Å²) in [5.74, 6) is 0.683. The first kappa shape index (κ1) is 17.0. The topological polar surface area (TPSA) is 39.7 Å². The number of aromatic nitrogens is 1. The molecule has 2 fully saturated rings. The Kier molecular flexibility index (Phi) is 4.67. The highest BCUT2D eigenvalue weighted by molar-refractivity contribution is 5.82. The number of amides is 1. The molecule has 1 amide bonds. The molecule has 1 atom stereocenters. The van der Waals surface area contributed by atoms with Gasteiger partial charge in [-0.3, -0.25) is 9.69 Å². The Balaban J connectivity index is 1.58. The first-order chi connectivity index (χ1) is 11.4. The maximum Gasteiger partial charge on any atom is 0.417 e. The van der Waals surface area contributed by atoms with E-state index in [1.165, 1.54) is 6.07 Å². The van der Waals surface area contributed by atoms with Crippen LogP contribution < -0.4 is 4.90 Å². The second-order valence-corrected chi connectivity index (χ2v) is 6.35. The summed E-state index contributed by atoms with van der Waals surface area (Å²) < 4.78 is 37.7. The number of rotatable bonds is 2. The quantitative estimate of drug-likeness (QED) is 0.822. The molecule has 0 N–H and O–H groups in total. The van der Waals surface area contributed by atoms with Gasteiger partial charge in [-0.05, 0) is 38.6 Å². The number of carbonyl (C=O) groups is 1. The molecule has 132 valence electrons. The molecule has 1 aromatic rings. The highest BCUT2D eigenvalue weighted by Gasteiger charge is 2.33. The summed E-state index contributed by atoms with van der Waals surface area (Å²) in [4.78, 5) is 22.3. The lowest BCUT2D eigenvalue weighted by atomic mass is 10.1. The van der Waals surface area contributed by atoms with Crippen molar-refractivity contribution in [2.24, 2.45) is 0 Å². The van der Waals surface area contributed by atoms with Crippen LogP contribution >= 0.6 is 0 Å². The Morgan fingerprint density at radius 3 is 2.38 bits per heavy atom. The van der Waals surface area contributed by atoms with Crippen molar-refractivity contribution < 1.29 is 18.0 Å². The van der Waals surface area contributed by atoms with Crippen LogP contribution in [0, 0.1) is 0 Å². The van der Waals surface area contributed by atoms with E-state index < -0.39 is 11.7 Å². The molecule has 0 aromatic carbocycles. The van der Waals surface area contributed by atoms with Gasteiger partial charge in [0.1, 0.15) is 5.82 Å². The number of alkyl halides is 3. The van der Waals surface area contributed by atoms with Gasteiger partial charge in [-0.25, -0.2) is 4.98 Å². The Labute approximate surface area is 139 Å².